The van der Waals surface area contributed by atoms with Gasteiger partial charge in [-0.05, 0) is 26.0 Å². The summed E-state index contributed by atoms with van der Waals surface area (Å²) in [6, 6.07) is 4.68. The summed E-state index contributed by atoms with van der Waals surface area (Å²) in [4.78, 5) is 11.9. The van der Waals surface area contributed by atoms with Crippen LogP contribution in [-0.4, -0.2) is 37.5 Å². The first-order valence-electron chi connectivity index (χ1n) is 6.33. The van der Waals surface area contributed by atoms with Crippen molar-refractivity contribution in [3.05, 3.63) is 28.2 Å². The zero-order valence-corrected chi connectivity index (χ0v) is 14.4. The molecule has 0 aromatic heterocycles. The van der Waals surface area contributed by atoms with Crippen LogP contribution in [0.3, 0.4) is 0 Å². The van der Waals surface area contributed by atoms with Gasteiger partial charge in [-0.25, -0.2) is 8.42 Å². The van der Waals surface area contributed by atoms with Crippen LogP contribution in [0, 0.1) is 0 Å². The van der Waals surface area contributed by atoms with Crippen LogP contribution in [-0.2, 0) is 14.8 Å². The van der Waals surface area contributed by atoms with Gasteiger partial charge in [0.05, 0.1) is 22.0 Å². The Morgan fingerprint density at radius 2 is 1.81 bits per heavy atom. The van der Waals surface area contributed by atoms with Gasteiger partial charge in [-0.15, -0.1) is 0 Å². The molecule has 0 aliphatic heterocycles. The molecule has 0 fully saturated rings. The van der Waals surface area contributed by atoms with Gasteiger partial charge in [0.1, 0.15) is 0 Å². The normalized spacial score (nSPS) is 12.0. The first-order chi connectivity index (χ1) is 9.62. The quantitative estimate of drug-likeness (QED) is 0.855. The predicted octanol–water partition coefficient (Wildman–Crippen LogP) is 2.99. The fourth-order valence-electron chi connectivity index (χ4n) is 1.84. The van der Waals surface area contributed by atoms with Gasteiger partial charge in [0.25, 0.3) is 0 Å². The van der Waals surface area contributed by atoms with E-state index in [1.807, 2.05) is 0 Å². The van der Waals surface area contributed by atoms with Gasteiger partial charge < -0.3 is 5.32 Å². The average Bonchev–Trinajstić information content (AvgIpc) is 2.32. The number of nitrogens with zero attached hydrogens (tertiary/aromatic N) is 1. The number of carbonyl (C=O) groups excluding carboxylic acids is 1. The van der Waals surface area contributed by atoms with Gasteiger partial charge in [0.15, 0.2) is 0 Å². The van der Waals surface area contributed by atoms with E-state index in [0.29, 0.717) is 15.7 Å². The van der Waals surface area contributed by atoms with Crippen molar-refractivity contribution >= 4 is 44.8 Å². The minimum absolute atomic E-state index is 0.0206. The number of para-hydroxylation sites is 1. The highest BCUT2D eigenvalue weighted by Crippen LogP contribution is 2.29. The van der Waals surface area contributed by atoms with E-state index in [2.05, 4.69) is 5.32 Å². The van der Waals surface area contributed by atoms with E-state index in [1.165, 1.54) is 4.31 Å². The molecule has 0 saturated heterocycles. The number of halogens is 2. The molecule has 0 aliphatic carbocycles. The van der Waals surface area contributed by atoms with Crippen molar-refractivity contribution in [2.75, 3.05) is 18.1 Å². The Bertz CT molecular complexity index is 598. The molecule has 0 spiro atoms. The molecule has 0 saturated carbocycles. The van der Waals surface area contributed by atoms with Crippen LogP contribution >= 0.6 is 23.2 Å². The second-order valence-electron chi connectivity index (χ2n) is 4.86. The van der Waals surface area contributed by atoms with Gasteiger partial charge in [-0.2, -0.15) is 4.31 Å². The van der Waals surface area contributed by atoms with Gasteiger partial charge in [-0.3, -0.25) is 4.79 Å². The lowest BCUT2D eigenvalue weighted by molar-refractivity contribution is -0.116. The number of hydrogen-bond acceptors (Lipinski definition) is 3. The maximum Gasteiger partial charge on any atom is 0.225 e. The van der Waals surface area contributed by atoms with Crippen molar-refractivity contribution in [1.29, 1.82) is 0 Å². The molecule has 1 amide bonds. The monoisotopic (exact) mass is 352 g/mol. The standard InChI is InChI=1S/C13H18Cl2N2O3S/c1-9(2)17(21(3,19)20)8-7-12(18)16-13-10(14)5-4-6-11(13)15/h4-6,9H,7-8H2,1-3H3,(H,16,18). The largest absolute Gasteiger partial charge is 0.324 e. The minimum Gasteiger partial charge on any atom is -0.324 e. The molecule has 1 aromatic rings. The molecule has 21 heavy (non-hydrogen) atoms. The van der Waals surface area contributed by atoms with E-state index < -0.39 is 10.0 Å². The van der Waals surface area contributed by atoms with E-state index in [1.54, 1.807) is 32.0 Å². The SMILES string of the molecule is CC(C)N(CCC(=O)Nc1c(Cl)cccc1Cl)S(C)(=O)=O. The molecule has 1 aromatic carbocycles. The lowest BCUT2D eigenvalue weighted by Gasteiger charge is -2.23. The highest BCUT2D eigenvalue weighted by molar-refractivity contribution is 7.88. The van der Waals surface area contributed by atoms with Crippen molar-refractivity contribution in [3.63, 3.8) is 0 Å². The highest BCUT2D eigenvalue weighted by atomic mass is 35.5. The van der Waals surface area contributed by atoms with Gasteiger partial charge in [0, 0.05) is 19.0 Å². The summed E-state index contributed by atoms with van der Waals surface area (Å²) in [5.74, 6) is -0.348. The summed E-state index contributed by atoms with van der Waals surface area (Å²) < 4.78 is 24.5. The van der Waals surface area contributed by atoms with Crippen molar-refractivity contribution in [2.45, 2.75) is 26.3 Å². The topological polar surface area (TPSA) is 66.5 Å². The summed E-state index contributed by atoms with van der Waals surface area (Å²) in [6.45, 7) is 3.61. The second-order valence-corrected chi connectivity index (χ2v) is 7.61. The molecular formula is C13H18Cl2N2O3S. The molecule has 0 aliphatic rings. The van der Waals surface area contributed by atoms with Crippen LogP contribution in [0.15, 0.2) is 18.2 Å². The van der Waals surface area contributed by atoms with Crippen molar-refractivity contribution < 1.29 is 13.2 Å². The molecular weight excluding hydrogens is 335 g/mol. The first kappa shape index (κ1) is 18.2. The maximum atomic E-state index is 11.9. The zero-order chi connectivity index (χ0) is 16.2. The average molecular weight is 353 g/mol. The highest BCUT2D eigenvalue weighted by Gasteiger charge is 2.21. The van der Waals surface area contributed by atoms with Crippen LogP contribution in [0.4, 0.5) is 5.69 Å². The molecule has 0 unspecified atom stereocenters. The maximum absolute atomic E-state index is 11.9. The number of rotatable bonds is 6. The lowest BCUT2D eigenvalue weighted by Crippen LogP contribution is -2.38. The molecule has 0 radical (unpaired) electrons. The minimum atomic E-state index is -3.35. The molecule has 0 bridgehead atoms. The smallest absolute Gasteiger partial charge is 0.225 e. The van der Waals surface area contributed by atoms with Crippen LogP contribution in [0.1, 0.15) is 20.3 Å². The third-order valence-corrected chi connectivity index (χ3v) is 4.87. The number of amides is 1. The van der Waals surface area contributed by atoms with E-state index >= 15 is 0 Å². The summed E-state index contributed by atoms with van der Waals surface area (Å²) in [5.41, 5.74) is 0.335. The third kappa shape index (κ3) is 5.47. The van der Waals surface area contributed by atoms with Crippen LogP contribution in [0.5, 0.6) is 0 Å². The van der Waals surface area contributed by atoms with Crippen LogP contribution in [0.2, 0.25) is 10.0 Å². The molecule has 0 atom stereocenters. The lowest BCUT2D eigenvalue weighted by atomic mass is 10.3. The Morgan fingerprint density at radius 1 is 1.29 bits per heavy atom. The van der Waals surface area contributed by atoms with Gasteiger partial charge in [0.2, 0.25) is 15.9 Å². The molecule has 1 rings (SSSR count). The molecule has 1 N–H and O–H groups in total. The molecule has 118 valence electrons. The summed E-state index contributed by atoms with van der Waals surface area (Å²) in [7, 11) is -3.35. The Kier molecular flexibility index (Phi) is 6.46. The second kappa shape index (κ2) is 7.45. The van der Waals surface area contributed by atoms with E-state index in [4.69, 9.17) is 23.2 Å². The molecule has 0 heterocycles. The van der Waals surface area contributed by atoms with Gasteiger partial charge >= 0.3 is 0 Å². The zero-order valence-electron chi connectivity index (χ0n) is 12.1. The summed E-state index contributed by atoms with van der Waals surface area (Å²) >= 11 is 11.9. The number of sulfonamides is 1. The van der Waals surface area contributed by atoms with E-state index in [-0.39, 0.29) is 24.9 Å². The van der Waals surface area contributed by atoms with Crippen molar-refractivity contribution in [1.82, 2.24) is 4.31 Å². The Labute approximate surface area is 135 Å². The summed E-state index contributed by atoms with van der Waals surface area (Å²) in [5, 5.41) is 3.27. The predicted molar refractivity (Wildman–Crippen MR) is 86.4 cm³/mol. The van der Waals surface area contributed by atoms with Crippen molar-refractivity contribution in [2.24, 2.45) is 0 Å². The number of hydrogen-bond donors (Lipinski definition) is 1. The number of benzene rings is 1. The Balaban J connectivity index is 2.70. The fraction of sp³-hybridized carbons (Fsp3) is 0.462. The molecule has 8 heteroatoms. The Morgan fingerprint density at radius 3 is 2.24 bits per heavy atom. The number of nitrogens with one attached hydrogen (secondary N) is 1. The van der Waals surface area contributed by atoms with Crippen LogP contribution < -0.4 is 5.32 Å². The number of carbonyl (C=O) groups is 1. The summed E-state index contributed by atoms with van der Waals surface area (Å²) in [6.07, 6.45) is 1.14. The van der Waals surface area contributed by atoms with E-state index in [0.717, 1.165) is 6.26 Å². The fourth-order valence-corrected chi connectivity index (χ4v) is 3.52. The third-order valence-electron chi connectivity index (χ3n) is 2.79. The van der Waals surface area contributed by atoms with Crippen LogP contribution in [0.25, 0.3) is 0 Å². The van der Waals surface area contributed by atoms with E-state index in [9.17, 15) is 13.2 Å². The van der Waals surface area contributed by atoms with Crippen molar-refractivity contribution in [3.8, 4) is 0 Å². The number of anilines is 1. The Hall–Kier alpha value is -0.820. The molecule has 5 nitrogen and oxygen atoms in total. The van der Waals surface area contributed by atoms with Gasteiger partial charge in [-0.1, -0.05) is 29.3 Å². The first-order valence-corrected chi connectivity index (χ1v) is 8.94.